The van der Waals surface area contributed by atoms with Gasteiger partial charge in [-0.15, -0.1) is 0 Å². The lowest BCUT2D eigenvalue weighted by Crippen LogP contribution is -2.52. The van der Waals surface area contributed by atoms with Crippen molar-refractivity contribution < 1.29 is 178 Å². The van der Waals surface area contributed by atoms with E-state index < -0.39 is 173 Å². The summed E-state index contributed by atoms with van der Waals surface area (Å²) in [6.45, 7) is 9.09. The summed E-state index contributed by atoms with van der Waals surface area (Å²) in [5.41, 5.74) is -0.789. The molecule has 1 aromatic carbocycles. The number of carboxylic acids is 10. The third-order valence-electron chi connectivity index (χ3n) is 8.65. The Balaban J connectivity index is -0.0000000959. The van der Waals surface area contributed by atoms with Gasteiger partial charge in [-0.2, -0.15) is 0 Å². The molecule has 37 heteroatoms. The molecule has 0 fully saturated rings. The van der Waals surface area contributed by atoms with Gasteiger partial charge in [0.1, 0.15) is 53.0 Å². The quantitative estimate of drug-likeness (QED) is 0.0539. The highest BCUT2D eigenvalue weighted by molar-refractivity contribution is 7.85. The summed E-state index contributed by atoms with van der Waals surface area (Å²) in [6.07, 6.45) is -12.8. The van der Waals surface area contributed by atoms with Crippen LogP contribution in [0.5, 0.6) is 0 Å². The van der Waals surface area contributed by atoms with E-state index in [9.17, 15) is 102 Å². The molecule has 10 atom stereocenters. The van der Waals surface area contributed by atoms with Crippen molar-refractivity contribution in [1.29, 1.82) is 0 Å². The van der Waals surface area contributed by atoms with E-state index in [0.29, 0.717) is 0 Å². The lowest BCUT2D eigenvalue weighted by atomic mass is 9.99. The van der Waals surface area contributed by atoms with Crippen LogP contribution in [-0.4, -0.2) is 219 Å². The van der Waals surface area contributed by atoms with Crippen LogP contribution in [0.4, 0.5) is 0 Å². The molecule has 0 aromatic heterocycles. The van der Waals surface area contributed by atoms with Gasteiger partial charge in [0, 0.05) is 42.2 Å². The van der Waals surface area contributed by atoms with Gasteiger partial charge in [-0.1, -0.05) is 67.7 Å². The fourth-order valence-electron chi connectivity index (χ4n) is 3.92. The highest BCUT2D eigenvalue weighted by Crippen LogP contribution is 2.20. The lowest BCUT2D eigenvalue weighted by Gasteiger charge is -2.25. The normalized spacial score (nSPS) is 15.3. The molecule has 36 nitrogen and oxygen atoms in total. The van der Waals surface area contributed by atoms with Crippen molar-refractivity contribution in [1.82, 2.24) is 0 Å². The molecule has 0 bridgehead atoms. The van der Waals surface area contributed by atoms with Crippen molar-refractivity contribution in [3.05, 3.63) is 41.3 Å². The number of ether oxygens (including phenoxy) is 1. The maximum atomic E-state index is 10.9. The number of carbonyl (C=O) groups excluding carboxylic acids is 8. The Hall–Kier alpha value is -7.56. The number of aliphatic carboxylic acids is 10. The molecular weight excluding hydrogens is 1200 g/mol. The highest BCUT2D eigenvalue weighted by atomic mass is 32.2. The van der Waals surface area contributed by atoms with Gasteiger partial charge in [-0.25, -0.2) is 8.42 Å². The Morgan fingerprint density at radius 1 is 0.674 bits per heavy atom. The summed E-state index contributed by atoms with van der Waals surface area (Å²) < 4.78 is 36.0. The third kappa shape index (κ3) is 58.2. The average molecular weight is 1280 g/mol. The van der Waals surface area contributed by atoms with Crippen molar-refractivity contribution >= 4 is 75.6 Å². The number of aliphatic hydroxyl groups is 11. The van der Waals surface area contributed by atoms with Crippen LogP contribution in [0.25, 0.3) is 0 Å². The number of ketones is 1. The molecule has 0 saturated heterocycles. The first-order valence-electron chi connectivity index (χ1n) is 22.8. The summed E-state index contributed by atoms with van der Waals surface area (Å²) in [5, 5.41) is 189. The Bertz CT molecular complexity index is 2260. The largest absolute Gasteiger partial charge is 0.744 e. The zero-order valence-corrected chi connectivity index (χ0v) is 46.2. The lowest BCUT2D eigenvalue weighted by molar-refractivity contribution is -0.320. The van der Waals surface area contributed by atoms with E-state index in [1.165, 1.54) is 26.0 Å². The summed E-state index contributed by atoms with van der Waals surface area (Å²) >= 11 is 0. The smallest absolute Gasteiger partial charge is 0.309 e. The van der Waals surface area contributed by atoms with E-state index in [2.05, 4.69) is 0 Å². The first kappa shape index (κ1) is 100. The predicted molar refractivity (Wildman–Crippen MR) is 273 cm³/mol. The van der Waals surface area contributed by atoms with Crippen molar-refractivity contribution in [2.75, 3.05) is 26.4 Å². The molecule has 14 N–H and O–H groups in total. The zero-order valence-electron chi connectivity index (χ0n) is 45.4. The number of aryl methyl sites for hydroxylation is 1. The van der Waals surface area contributed by atoms with Crippen molar-refractivity contribution in [2.45, 2.75) is 150 Å². The maximum Gasteiger partial charge on any atom is 0.309 e. The summed E-state index contributed by atoms with van der Waals surface area (Å²) in [7, 11) is -4.27. The number of aliphatic hydroxyl groups excluding tert-OH is 10. The number of carboxylic acid groups (broad SMARTS) is 10. The molecule has 1 aromatic rings. The van der Waals surface area contributed by atoms with E-state index in [4.69, 9.17) is 75.9 Å². The van der Waals surface area contributed by atoms with E-state index in [0.717, 1.165) is 26.3 Å². The fourth-order valence-corrected chi connectivity index (χ4v) is 4.38. The topological polar surface area (TPSA) is 699 Å². The Morgan fingerprint density at radius 2 is 1.07 bits per heavy atom. The van der Waals surface area contributed by atoms with E-state index in [-0.39, 0.29) is 59.1 Å². The summed E-state index contributed by atoms with van der Waals surface area (Å²) in [6, 6.07) is 5.78. The highest BCUT2D eigenvalue weighted by Gasteiger charge is 2.32. The molecule has 10 unspecified atom stereocenters. The Kier molecular flexibility index (Phi) is 61.8. The van der Waals surface area contributed by atoms with Gasteiger partial charge >= 0.3 is 17.9 Å². The van der Waals surface area contributed by atoms with Crippen molar-refractivity contribution in [3.8, 4) is 0 Å². The first-order chi connectivity index (χ1) is 37.5. The number of rotatable bonds is 20. The number of carbonyl (C=O) groups is 11. The molecule has 506 valence electrons. The van der Waals surface area contributed by atoms with Gasteiger partial charge in [0.15, 0.2) is 5.76 Å². The molecule has 1 aliphatic rings. The van der Waals surface area contributed by atoms with Crippen LogP contribution < -0.4 is 35.7 Å². The second-order valence-corrected chi connectivity index (χ2v) is 18.2. The molecule has 1 heterocycles. The van der Waals surface area contributed by atoms with E-state index in [1.54, 1.807) is 26.0 Å². The van der Waals surface area contributed by atoms with Gasteiger partial charge in [-0.05, 0) is 52.2 Å². The van der Waals surface area contributed by atoms with Crippen LogP contribution in [-0.2, 0) is 67.6 Å². The van der Waals surface area contributed by atoms with Crippen molar-refractivity contribution in [2.24, 2.45) is 23.7 Å². The van der Waals surface area contributed by atoms with E-state index >= 15 is 0 Å². The Morgan fingerprint density at radius 3 is 1.31 bits per heavy atom. The molecule has 1 aliphatic heterocycles. The minimum atomic E-state index is -4.27. The molecule has 0 aliphatic carbocycles. The van der Waals surface area contributed by atoms with Gasteiger partial charge in [-0.3, -0.25) is 19.2 Å². The van der Waals surface area contributed by atoms with Crippen LogP contribution >= 0.6 is 0 Å². The van der Waals surface area contributed by atoms with Gasteiger partial charge in [0.2, 0.25) is 5.78 Å². The standard InChI is InChI=1S/C8H12O6.C7H8O3S.C6H12O7.C6H10O5.C5H8O5.C5H8O4.C4H8O2.C3H6O2.C2H4O2.3CH4/c9-1-5(10)4-2-14-3-6(11)8(13)7(4)12;1-6-2-4-7(5-3-6)11(8,9)10;7-1-2(8)3(9)4(10)5(11)6(12)13;1-6(11,2-4(7)8)3-5(9)10;1-2(4(7)8)3(6)5(9)10;1-3(5(8)9)2-4(6)7;1-3(2)4(5)6;1-2-3(4)5;1-2(3)4;;;/h4-5,9-10,12-13H,1-3H2;2-5H,1H3,(H,8,9,10);2-5,7-11H,1H2,(H,12,13);11H,2-3H2,1H3,(H,7,8)(H,9,10);2-3,6H,1H3,(H,7,8)(H,9,10);3H,2H2,1H3,(H,6,7)(H,8,9);3H,1-2H3,(H,5,6);2H2,1H3,(H,4,5);1H3,(H,3,4);3*1H4/p-8. The Labute approximate surface area is 494 Å². The fraction of sp³-hybridized carbons (Fsp3) is 0.612. The van der Waals surface area contributed by atoms with Gasteiger partial charge < -0.3 is 150 Å². The molecular formula is C49H80O36S-8. The molecule has 2 rings (SSSR count). The number of Topliss-reactive ketones (excluding diaryl/α,β-unsaturated/α-hetero) is 1. The van der Waals surface area contributed by atoms with Crippen molar-refractivity contribution in [3.63, 3.8) is 0 Å². The second kappa shape index (κ2) is 53.0. The second-order valence-electron chi connectivity index (χ2n) is 16.8. The molecule has 0 radical (unpaired) electrons. The third-order valence-corrected chi connectivity index (χ3v) is 9.50. The minimum Gasteiger partial charge on any atom is -0.744 e. The minimum absolute atomic E-state index is 0. The number of hydrogen-bond acceptors (Lipinski definition) is 33. The molecule has 0 amide bonds. The molecule has 86 heavy (non-hydrogen) atoms. The SMILES string of the molecule is C.C.C.CC(=O)[O-].CC(C(=O)O)C(O)C(=O)[O-].CC(C)C(=O)[O-].CC(CC(=O)O)C(=O)[O-].CC(O)(CC(=O)[O-])CC(=O)O.CCC(=O)[O-].Cc1ccc(S(=O)(=O)[O-])cc1.O=C([O-])C(O)C(O)C(O)C(O)CO.O=C1COCC(C(O)CO)C(O)=C1O. The predicted octanol–water partition coefficient (Wildman–Crippen LogP) is -10.8. The summed E-state index contributed by atoms with van der Waals surface area (Å²) in [4.78, 5) is 108. The average Bonchev–Trinajstić information content (AvgIpc) is 3.47. The molecule has 0 spiro atoms. The maximum absolute atomic E-state index is 10.9. The number of hydrogen-bond donors (Lipinski definition) is 14. The molecule has 0 saturated carbocycles. The number of benzene rings is 1. The monoisotopic (exact) mass is 1280 g/mol. The van der Waals surface area contributed by atoms with Crippen LogP contribution in [0.2, 0.25) is 0 Å². The first-order valence-corrected chi connectivity index (χ1v) is 24.2. The van der Waals surface area contributed by atoms with E-state index in [1.807, 2.05) is 6.92 Å². The van der Waals surface area contributed by atoms with Crippen LogP contribution in [0.1, 0.15) is 102 Å². The van der Waals surface area contributed by atoms with Crippen LogP contribution in [0, 0.1) is 30.6 Å². The summed E-state index contributed by atoms with van der Waals surface area (Å²) in [5.74, 6) is -19.0. The van der Waals surface area contributed by atoms with Crippen LogP contribution in [0.3, 0.4) is 0 Å². The van der Waals surface area contributed by atoms with Crippen LogP contribution in [0.15, 0.2) is 40.7 Å². The van der Waals surface area contributed by atoms with Gasteiger partial charge in [0.25, 0.3) is 0 Å². The van der Waals surface area contributed by atoms with Gasteiger partial charge in [0.05, 0.1) is 73.0 Å². The zero-order chi connectivity index (χ0) is 67.6.